The molecule has 2 rings (SSSR count). The number of hydrogen-bond acceptors (Lipinski definition) is 1. The average molecular weight is 342 g/mol. The highest BCUT2D eigenvalue weighted by Gasteiger charge is 2.12. The molecule has 0 saturated heterocycles. The summed E-state index contributed by atoms with van der Waals surface area (Å²) in [5, 5.41) is 4.50. The van der Waals surface area contributed by atoms with Crippen molar-refractivity contribution in [1.82, 2.24) is 9.78 Å². The monoisotopic (exact) mass is 340 g/mol. The first kappa shape index (κ1) is 14.6. The van der Waals surface area contributed by atoms with E-state index in [1.54, 1.807) is 0 Å². The van der Waals surface area contributed by atoms with Gasteiger partial charge < -0.3 is 0 Å². The number of alkyl halides is 1. The van der Waals surface area contributed by atoms with Crippen LogP contribution in [0.15, 0.2) is 34.8 Å². The third-order valence-corrected chi connectivity index (χ3v) is 4.80. The van der Waals surface area contributed by atoms with Crippen molar-refractivity contribution >= 4 is 27.5 Å². The number of aromatic nitrogens is 2. The van der Waals surface area contributed by atoms with Gasteiger partial charge in [0, 0.05) is 7.05 Å². The second-order valence-corrected chi connectivity index (χ2v) is 6.06. The van der Waals surface area contributed by atoms with E-state index in [2.05, 4.69) is 33.2 Å². The van der Waals surface area contributed by atoms with Crippen molar-refractivity contribution in [2.75, 3.05) is 0 Å². The Balaban J connectivity index is 1.90. The minimum absolute atomic E-state index is 0.0919. The van der Waals surface area contributed by atoms with Crippen LogP contribution in [0.3, 0.4) is 0 Å². The second-order valence-electron chi connectivity index (χ2n) is 4.74. The van der Waals surface area contributed by atoms with E-state index in [4.69, 9.17) is 11.6 Å². The highest BCUT2D eigenvalue weighted by atomic mass is 79.9. The van der Waals surface area contributed by atoms with Crippen LogP contribution in [0.5, 0.6) is 0 Å². The Labute approximate surface area is 127 Å². The van der Waals surface area contributed by atoms with Crippen molar-refractivity contribution in [3.8, 4) is 0 Å². The van der Waals surface area contributed by atoms with Crippen molar-refractivity contribution < 1.29 is 0 Å². The molecule has 0 fully saturated rings. The van der Waals surface area contributed by atoms with Gasteiger partial charge in [0.15, 0.2) is 0 Å². The molecule has 1 atom stereocenters. The summed E-state index contributed by atoms with van der Waals surface area (Å²) >= 11 is 10.0. The molecular formula is C15H18BrClN2. The molecule has 1 aromatic heterocycles. The second kappa shape index (κ2) is 6.58. The van der Waals surface area contributed by atoms with Gasteiger partial charge in [-0.3, -0.25) is 4.68 Å². The van der Waals surface area contributed by atoms with Crippen LogP contribution < -0.4 is 0 Å². The van der Waals surface area contributed by atoms with Crippen molar-refractivity contribution in [2.45, 2.75) is 31.6 Å². The molecule has 1 heterocycles. The molecule has 2 nitrogen and oxygen atoms in total. The zero-order valence-electron chi connectivity index (χ0n) is 11.2. The van der Waals surface area contributed by atoms with Gasteiger partial charge in [-0.05, 0) is 47.7 Å². The van der Waals surface area contributed by atoms with Gasteiger partial charge in [-0.25, -0.2) is 0 Å². The molecule has 0 amide bonds. The fourth-order valence-electron chi connectivity index (χ4n) is 2.23. The van der Waals surface area contributed by atoms with Gasteiger partial charge in [-0.2, -0.15) is 5.10 Å². The van der Waals surface area contributed by atoms with E-state index in [1.807, 2.05) is 36.9 Å². The average Bonchev–Trinajstić information content (AvgIpc) is 2.66. The summed E-state index contributed by atoms with van der Waals surface area (Å²) in [6, 6.07) is 10.3. The normalized spacial score (nSPS) is 12.6. The molecular weight excluding hydrogens is 324 g/mol. The molecule has 1 unspecified atom stereocenters. The van der Waals surface area contributed by atoms with Gasteiger partial charge in [0.05, 0.1) is 21.2 Å². The quantitative estimate of drug-likeness (QED) is 0.715. The number of benzene rings is 1. The van der Waals surface area contributed by atoms with Crippen LogP contribution in [0, 0.1) is 6.92 Å². The van der Waals surface area contributed by atoms with Crippen molar-refractivity contribution in [3.05, 3.63) is 51.8 Å². The lowest BCUT2D eigenvalue weighted by molar-refractivity contribution is 0.649. The van der Waals surface area contributed by atoms with Gasteiger partial charge in [-0.15, -0.1) is 11.6 Å². The maximum absolute atomic E-state index is 6.42. The summed E-state index contributed by atoms with van der Waals surface area (Å²) in [6.45, 7) is 2.02. The standard InChI is InChI=1S/C15H18BrClN2/c1-11-15(16)14(19(2)18-11)10-6-9-13(17)12-7-4-3-5-8-12/h3-5,7-8,13H,6,9-10H2,1-2H3. The highest BCUT2D eigenvalue weighted by molar-refractivity contribution is 9.10. The van der Waals surface area contributed by atoms with E-state index in [-0.39, 0.29) is 5.38 Å². The lowest BCUT2D eigenvalue weighted by Crippen LogP contribution is -2.00. The van der Waals surface area contributed by atoms with Crippen molar-refractivity contribution in [3.63, 3.8) is 0 Å². The van der Waals surface area contributed by atoms with Gasteiger partial charge in [0.1, 0.15) is 0 Å². The summed E-state index contributed by atoms with van der Waals surface area (Å²) in [5.74, 6) is 0. The van der Waals surface area contributed by atoms with E-state index in [0.29, 0.717) is 0 Å². The molecule has 0 aliphatic rings. The number of aryl methyl sites for hydroxylation is 2. The van der Waals surface area contributed by atoms with Crippen LogP contribution in [0.1, 0.15) is 35.2 Å². The van der Waals surface area contributed by atoms with E-state index >= 15 is 0 Å². The van der Waals surface area contributed by atoms with Crippen molar-refractivity contribution in [1.29, 1.82) is 0 Å². The smallest absolute Gasteiger partial charge is 0.0738 e. The molecule has 1 aromatic carbocycles. The van der Waals surface area contributed by atoms with E-state index in [9.17, 15) is 0 Å². The molecule has 0 N–H and O–H groups in total. The van der Waals surface area contributed by atoms with E-state index in [0.717, 1.165) is 29.4 Å². The van der Waals surface area contributed by atoms with E-state index in [1.165, 1.54) is 11.3 Å². The molecule has 2 aromatic rings. The Bertz CT molecular complexity index is 537. The van der Waals surface area contributed by atoms with Crippen LogP contribution in [-0.4, -0.2) is 9.78 Å². The topological polar surface area (TPSA) is 17.8 Å². The Hall–Kier alpha value is -0.800. The molecule has 19 heavy (non-hydrogen) atoms. The van der Waals surface area contributed by atoms with Crippen LogP contribution in [0.4, 0.5) is 0 Å². The molecule has 0 bridgehead atoms. The third-order valence-electron chi connectivity index (χ3n) is 3.29. The summed E-state index contributed by atoms with van der Waals surface area (Å²) in [5.41, 5.74) is 3.49. The lowest BCUT2D eigenvalue weighted by atomic mass is 10.1. The van der Waals surface area contributed by atoms with Crippen LogP contribution in [0.2, 0.25) is 0 Å². The predicted molar refractivity (Wildman–Crippen MR) is 83.6 cm³/mol. The number of rotatable bonds is 5. The SMILES string of the molecule is Cc1nn(C)c(CCCC(Cl)c2ccccc2)c1Br. The van der Waals surface area contributed by atoms with Gasteiger partial charge in [-0.1, -0.05) is 30.3 Å². The van der Waals surface area contributed by atoms with Gasteiger partial charge >= 0.3 is 0 Å². The molecule has 0 aliphatic heterocycles. The minimum atomic E-state index is 0.0919. The number of nitrogens with zero attached hydrogens (tertiary/aromatic N) is 2. The van der Waals surface area contributed by atoms with Crippen molar-refractivity contribution in [2.24, 2.45) is 7.05 Å². The van der Waals surface area contributed by atoms with Gasteiger partial charge in [0.25, 0.3) is 0 Å². The largest absolute Gasteiger partial charge is 0.271 e. The fraction of sp³-hybridized carbons (Fsp3) is 0.400. The first-order valence-electron chi connectivity index (χ1n) is 6.46. The molecule has 0 spiro atoms. The summed E-state index contributed by atoms with van der Waals surface area (Å²) < 4.78 is 3.08. The zero-order valence-corrected chi connectivity index (χ0v) is 13.6. The Morgan fingerprint density at radius 1 is 1.32 bits per heavy atom. The minimum Gasteiger partial charge on any atom is -0.271 e. The van der Waals surface area contributed by atoms with Gasteiger partial charge in [0.2, 0.25) is 0 Å². The maximum Gasteiger partial charge on any atom is 0.0738 e. The maximum atomic E-state index is 6.42. The highest BCUT2D eigenvalue weighted by Crippen LogP contribution is 2.27. The van der Waals surface area contributed by atoms with E-state index < -0.39 is 0 Å². The predicted octanol–water partition coefficient (Wildman–Crippen LogP) is 4.79. The first-order valence-corrected chi connectivity index (χ1v) is 7.69. The summed E-state index contributed by atoms with van der Waals surface area (Å²) in [4.78, 5) is 0. The number of halogens is 2. The molecule has 0 aliphatic carbocycles. The summed E-state index contributed by atoms with van der Waals surface area (Å²) in [6.07, 6.45) is 3.02. The van der Waals surface area contributed by atoms with Crippen LogP contribution in [0.25, 0.3) is 0 Å². The Morgan fingerprint density at radius 3 is 2.58 bits per heavy atom. The first-order chi connectivity index (χ1) is 9.09. The van der Waals surface area contributed by atoms with Crippen LogP contribution in [-0.2, 0) is 13.5 Å². The lowest BCUT2D eigenvalue weighted by Gasteiger charge is -2.09. The zero-order chi connectivity index (χ0) is 13.8. The van der Waals surface area contributed by atoms with Crippen LogP contribution >= 0.6 is 27.5 Å². The Morgan fingerprint density at radius 2 is 2.00 bits per heavy atom. The molecule has 4 heteroatoms. The fourth-order valence-corrected chi connectivity index (χ4v) is 3.06. The summed E-state index contributed by atoms with van der Waals surface area (Å²) in [7, 11) is 1.99. The molecule has 102 valence electrons. The molecule has 0 radical (unpaired) electrons. The number of hydrogen-bond donors (Lipinski definition) is 0. The third kappa shape index (κ3) is 3.61. The molecule has 0 saturated carbocycles. The Kier molecular flexibility index (Phi) is 5.06.